The minimum atomic E-state index is -0.477. The summed E-state index contributed by atoms with van der Waals surface area (Å²) in [6.45, 7) is 5.80. The Morgan fingerprint density at radius 3 is 2.55 bits per heavy atom. The largest absolute Gasteiger partial charge is 0.348 e. The first-order chi connectivity index (χ1) is 9.35. The van der Waals surface area contributed by atoms with Gasteiger partial charge in [-0.15, -0.1) is 11.6 Å². The van der Waals surface area contributed by atoms with E-state index < -0.39 is 4.92 Å². The Bertz CT molecular complexity index is 503. The van der Waals surface area contributed by atoms with E-state index in [9.17, 15) is 14.9 Å². The molecule has 1 unspecified atom stereocenters. The van der Waals surface area contributed by atoms with E-state index in [2.05, 4.69) is 19.2 Å². The van der Waals surface area contributed by atoms with E-state index >= 15 is 0 Å². The summed E-state index contributed by atoms with van der Waals surface area (Å²) in [6, 6.07) is 4.11. The summed E-state index contributed by atoms with van der Waals surface area (Å²) in [6.07, 6.45) is 0.793. The molecule has 6 heteroatoms. The van der Waals surface area contributed by atoms with E-state index in [1.165, 1.54) is 18.2 Å². The van der Waals surface area contributed by atoms with Crippen molar-refractivity contribution in [3.63, 3.8) is 0 Å². The van der Waals surface area contributed by atoms with Crippen molar-refractivity contribution in [1.29, 1.82) is 0 Å². The number of aryl methyl sites for hydroxylation is 1. The Labute approximate surface area is 123 Å². The van der Waals surface area contributed by atoms with E-state index in [0.29, 0.717) is 22.9 Å². The molecule has 0 heterocycles. The normalized spacial score (nSPS) is 12.2. The summed E-state index contributed by atoms with van der Waals surface area (Å²) in [7, 11) is 0. The van der Waals surface area contributed by atoms with Crippen molar-refractivity contribution in [2.75, 3.05) is 5.88 Å². The highest BCUT2D eigenvalue weighted by molar-refractivity contribution is 6.18. The van der Waals surface area contributed by atoms with Gasteiger partial charge in [0.1, 0.15) is 0 Å². The van der Waals surface area contributed by atoms with Crippen molar-refractivity contribution < 1.29 is 9.72 Å². The minimum Gasteiger partial charge on any atom is -0.348 e. The van der Waals surface area contributed by atoms with Gasteiger partial charge in [-0.05, 0) is 30.9 Å². The van der Waals surface area contributed by atoms with Crippen LogP contribution in [-0.2, 0) is 0 Å². The van der Waals surface area contributed by atoms with Crippen LogP contribution in [0, 0.1) is 23.0 Å². The van der Waals surface area contributed by atoms with Gasteiger partial charge in [0.15, 0.2) is 0 Å². The van der Waals surface area contributed by atoms with E-state index in [-0.39, 0.29) is 17.6 Å². The number of nitrogens with one attached hydrogen (secondary N) is 1. The average Bonchev–Trinajstić information content (AvgIpc) is 2.36. The van der Waals surface area contributed by atoms with E-state index in [4.69, 9.17) is 11.6 Å². The monoisotopic (exact) mass is 298 g/mol. The van der Waals surface area contributed by atoms with Gasteiger partial charge in [-0.1, -0.05) is 13.8 Å². The molecule has 1 aromatic rings. The Balaban J connectivity index is 2.84. The van der Waals surface area contributed by atoms with Gasteiger partial charge in [0, 0.05) is 29.6 Å². The maximum absolute atomic E-state index is 12.2. The Morgan fingerprint density at radius 2 is 2.10 bits per heavy atom. The second-order valence-corrected chi connectivity index (χ2v) is 5.52. The zero-order valence-electron chi connectivity index (χ0n) is 11.9. The van der Waals surface area contributed by atoms with Gasteiger partial charge in [-0.3, -0.25) is 14.9 Å². The van der Waals surface area contributed by atoms with E-state index in [1.54, 1.807) is 6.92 Å². The summed E-state index contributed by atoms with van der Waals surface area (Å²) in [4.78, 5) is 22.3. The molecule has 0 aliphatic rings. The standard InChI is InChI=1S/C14H19ClN2O3/c1-9(2)6-11(8-15)16-14(18)13-5-4-12(17(19)20)7-10(13)3/h4-5,7,9,11H,6,8H2,1-3H3,(H,16,18). The van der Waals surface area contributed by atoms with Crippen LogP contribution in [0.25, 0.3) is 0 Å². The lowest BCUT2D eigenvalue weighted by Gasteiger charge is -2.18. The number of amides is 1. The van der Waals surface area contributed by atoms with E-state index in [0.717, 1.165) is 6.42 Å². The number of benzene rings is 1. The van der Waals surface area contributed by atoms with Crippen LogP contribution in [0.4, 0.5) is 5.69 Å². The van der Waals surface area contributed by atoms with Crippen LogP contribution in [0.3, 0.4) is 0 Å². The SMILES string of the molecule is Cc1cc([N+](=O)[O-])ccc1C(=O)NC(CCl)CC(C)C. The average molecular weight is 299 g/mol. The topological polar surface area (TPSA) is 72.2 Å². The fraction of sp³-hybridized carbons (Fsp3) is 0.500. The van der Waals surface area contributed by atoms with Crippen LogP contribution in [0.15, 0.2) is 18.2 Å². The molecular weight excluding hydrogens is 280 g/mol. The first-order valence-corrected chi connectivity index (χ1v) is 7.00. The van der Waals surface area contributed by atoms with Crippen molar-refractivity contribution in [3.8, 4) is 0 Å². The van der Waals surface area contributed by atoms with Crippen LogP contribution >= 0.6 is 11.6 Å². The van der Waals surface area contributed by atoms with Gasteiger partial charge in [0.05, 0.1) is 4.92 Å². The molecule has 0 fully saturated rings. The molecule has 0 spiro atoms. The Kier molecular flexibility index (Phi) is 5.95. The Hall–Kier alpha value is -1.62. The summed E-state index contributed by atoms with van der Waals surface area (Å²) in [5.74, 6) is 0.524. The quantitative estimate of drug-likeness (QED) is 0.497. The predicted octanol–water partition coefficient (Wildman–Crippen LogP) is 3.29. The van der Waals surface area contributed by atoms with Gasteiger partial charge in [-0.2, -0.15) is 0 Å². The molecule has 0 aromatic heterocycles. The van der Waals surface area contributed by atoms with Crippen molar-refractivity contribution in [2.45, 2.75) is 33.2 Å². The molecule has 0 saturated carbocycles. The lowest BCUT2D eigenvalue weighted by Crippen LogP contribution is -2.37. The van der Waals surface area contributed by atoms with Crippen LogP contribution in [0.2, 0.25) is 0 Å². The highest BCUT2D eigenvalue weighted by atomic mass is 35.5. The van der Waals surface area contributed by atoms with Crippen molar-refractivity contribution in [2.24, 2.45) is 5.92 Å². The molecule has 1 atom stereocenters. The second kappa shape index (κ2) is 7.24. The molecule has 1 N–H and O–H groups in total. The molecular formula is C14H19ClN2O3. The fourth-order valence-corrected chi connectivity index (χ4v) is 2.21. The van der Waals surface area contributed by atoms with Crippen molar-refractivity contribution in [1.82, 2.24) is 5.32 Å². The smallest absolute Gasteiger partial charge is 0.269 e. The van der Waals surface area contributed by atoms with Crippen LogP contribution < -0.4 is 5.32 Å². The molecule has 0 saturated heterocycles. The van der Waals surface area contributed by atoms with Gasteiger partial charge >= 0.3 is 0 Å². The maximum Gasteiger partial charge on any atom is 0.269 e. The van der Waals surface area contributed by atoms with Crippen molar-refractivity contribution in [3.05, 3.63) is 39.4 Å². The molecule has 20 heavy (non-hydrogen) atoms. The van der Waals surface area contributed by atoms with E-state index in [1.807, 2.05) is 0 Å². The number of alkyl halides is 1. The molecule has 0 aliphatic carbocycles. The summed E-state index contributed by atoms with van der Waals surface area (Å²) in [5.41, 5.74) is 0.999. The summed E-state index contributed by atoms with van der Waals surface area (Å²) < 4.78 is 0. The zero-order valence-corrected chi connectivity index (χ0v) is 12.6. The van der Waals surface area contributed by atoms with Gasteiger partial charge < -0.3 is 5.32 Å². The van der Waals surface area contributed by atoms with Crippen molar-refractivity contribution >= 4 is 23.2 Å². The second-order valence-electron chi connectivity index (χ2n) is 5.21. The molecule has 0 bridgehead atoms. The van der Waals surface area contributed by atoms with Gasteiger partial charge in [-0.25, -0.2) is 0 Å². The highest BCUT2D eigenvalue weighted by Crippen LogP contribution is 2.17. The van der Waals surface area contributed by atoms with Crippen LogP contribution in [0.1, 0.15) is 36.2 Å². The van der Waals surface area contributed by atoms with Crippen LogP contribution in [0.5, 0.6) is 0 Å². The molecule has 0 aliphatic heterocycles. The lowest BCUT2D eigenvalue weighted by atomic mass is 10.0. The number of nitro groups is 1. The molecule has 5 nitrogen and oxygen atoms in total. The molecule has 110 valence electrons. The number of rotatable bonds is 6. The number of halogens is 1. The van der Waals surface area contributed by atoms with Gasteiger partial charge in [0.2, 0.25) is 0 Å². The number of nitrogens with zero attached hydrogens (tertiary/aromatic N) is 1. The van der Waals surface area contributed by atoms with Crippen LogP contribution in [-0.4, -0.2) is 22.8 Å². The lowest BCUT2D eigenvalue weighted by molar-refractivity contribution is -0.384. The molecule has 1 amide bonds. The number of carbonyl (C=O) groups is 1. The third-order valence-corrected chi connectivity index (χ3v) is 3.32. The summed E-state index contributed by atoms with van der Waals surface area (Å²) in [5, 5.41) is 13.5. The fourth-order valence-electron chi connectivity index (χ4n) is 2.01. The molecule has 1 aromatic carbocycles. The Morgan fingerprint density at radius 1 is 1.45 bits per heavy atom. The third-order valence-electron chi connectivity index (χ3n) is 2.94. The highest BCUT2D eigenvalue weighted by Gasteiger charge is 2.17. The van der Waals surface area contributed by atoms with Gasteiger partial charge in [0.25, 0.3) is 11.6 Å². The number of non-ortho nitro benzene ring substituents is 1. The first-order valence-electron chi connectivity index (χ1n) is 6.47. The number of carbonyl (C=O) groups excluding carboxylic acids is 1. The molecule has 1 rings (SSSR count). The minimum absolute atomic E-state index is 0.0184. The number of nitro benzene ring substituents is 1. The number of hydrogen-bond acceptors (Lipinski definition) is 3. The molecule has 0 radical (unpaired) electrons. The summed E-state index contributed by atoms with van der Waals surface area (Å²) >= 11 is 5.85. The predicted molar refractivity (Wildman–Crippen MR) is 79.3 cm³/mol. The maximum atomic E-state index is 12.2. The third kappa shape index (κ3) is 4.49. The number of hydrogen-bond donors (Lipinski definition) is 1. The zero-order chi connectivity index (χ0) is 15.3. The first kappa shape index (κ1) is 16.4.